The van der Waals surface area contributed by atoms with Crippen LogP contribution in [0.2, 0.25) is 0 Å². The third-order valence-electron chi connectivity index (χ3n) is 5.14. The Balaban J connectivity index is 1.53. The molecule has 0 radical (unpaired) electrons. The van der Waals surface area contributed by atoms with Crippen molar-refractivity contribution in [3.63, 3.8) is 0 Å². The van der Waals surface area contributed by atoms with Crippen LogP contribution >= 0.6 is 27.7 Å². The summed E-state index contributed by atoms with van der Waals surface area (Å²) >= 11 is 4.81. The monoisotopic (exact) mass is 540 g/mol. The van der Waals surface area contributed by atoms with Crippen LogP contribution in [0.4, 0.5) is 10.1 Å². The number of amidine groups is 1. The zero-order valence-corrected chi connectivity index (χ0v) is 21.0. The number of carbonyl (C=O) groups is 1. The topological polar surface area (TPSA) is 59.9 Å². The Bertz CT molecular complexity index is 1280. The molecule has 0 aliphatic carbocycles. The molecule has 0 bridgehead atoms. The SMILES string of the molecule is CCc1ccc(N=C2NC(=O)/C(=C/c3cc(OC)c(OCc4ccccc4F)cc3Br)S2)cc1. The second-order valence-corrected chi connectivity index (χ2v) is 9.29. The molecule has 0 unspecified atom stereocenters. The maximum absolute atomic E-state index is 13.9. The fourth-order valence-corrected chi connectivity index (χ4v) is 4.52. The summed E-state index contributed by atoms with van der Waals surface area (Å²) in [5.41, 5.74) is 3.19. The number of nitrogens with one attached hydrogen (secondary N) is 1. The highest BCUT2D eigenvalue weighted by molar-refractivity contribution is 9.10. The number of nitrogens with zero attached hydrogens (tertiary/aromatic N) is 1. The van der Waals surface area contributed by atoms with Gasteiger partial charge in [0.15, 0.2) is 16.7 Å². The van der Waals surface area contributed by atoms with E-state index in [1.165, 1.54) is 30.5 Å². The van der Waals surface area contributed by atoms with E-state index in [2.05, 4.69) is 33.2 Å². The standard InChI is InChI=1S/C26H22BrFN2O3S/c1-3-16-8-10-19(11-9-16)29-26-30-25(31)24(34-26)13-18-12-22(32-2)23(14-20(18)27)33-15-17-6-4-5-7-21(17)28/h4-14H,3,15H2,1-2H3,(H,29,30,31)/b24-13-. The van der Waals surface area contributed by atoms with Gasteiger partial charge in [-0.15, -0.1) is 0 Å². The predicted molar refractivity (Wildman–Crippen MR) is 138 cm³/mol. The van der Waals surface area contributed by atoms with Crippen LogP contribution in [-0.2, 0) is 17.8 Å². The third-order valence-corrected chi connectivity index (χ3v) is 6.73. The summed E-state index contributed by atoms with van der Waals surface area (Å²) in [6.07, 6.45) is 2.72. The van der Waals surface area contributed by atoms with Crippen molar-refractivity contribution < 1.29 is 18.7 Å². The van der Waals surface area contributed by atoms with Gasteiger partial charge in [0, 0.05) is 10.0 Å². The summed E-state index contributed by atoms with van der Waals surface area (Å²) in [6, 6.07) is 17.9. The predicted octanol–water partition coefficient (Wildman–Crippen LogP) is 6.63. The Morgan fingerprint density at radius 3 is 2.59 bits per heavy atom. The summed E-state index contributed by atoms with van der Waals surface area (Å²) in [5, 5.41) is 3.33. The van der Waals surface area contributed by atoms with Crippen LogP contribution in [0.3, 0.4) is 0 Å². The van der Waals surface area contributed by atoms with Crippen LogP contribution in [0.25, 0.3) is 6.08 Å². The largest absolute Gasteiger partial charge is 0.493 e. The number of hydrogen-bond donors (Lipinski definition) is 1. The van der Waals surface area contributed by atoms with Crippen LogP contribution in [0.15, 0.2) is 75.0 Å². The highest BCUT2D eigenvalue weighted by atomic mass is 79.9. The first kappa shape index (κ1) is 24.0. The maximum atomic E-state index is 13.9. The van der Waals surface area contributed by atoms with E-state index < -0.39 is 0 Å². The zero-order chi connectivity index (χ0) is 24.1. The average molecular weight is 541 g/mol. The molecule has 0 spiro atoms. The first-order chi connectivity index (χ1) is 16.5. The highest BCUT2D eigenvalue weighted by Gasteiger charge is 2.24. The number of hydrogen-bond acceptors (Lipinski definition) is 5. The van der Waals surface area contributed by atoms with Crippen LogP contribution in [0.1, 0.15) is 23.6 Å². The lowest BCUT2D eigenvalue weighted by atomic mass is 10.1. The second-order valence-electron chi connectivity index (χ2n) is 7.41. The molecular weight excluding hydrogens is 519 g/mol. The summed E-state index contributed by atoms with van der Waals surface area (Å²) in [4.78, 5) is 17.5. The first-order valence-corrected chi connectivity index (χ1v) is 12.2. The van der Waals surface area contributed by atoms with E-state index in [0.717, 1.165) is 17.7 Å². The number of thioether (sulfide) groups is 1. The number of amides is 1. The molecule has 0 saturated carbocycles. The van der Waals surface area contributed by atoms with Crippen LogP contribution in [0, 0.1) is 5.82 Å². The number of benzene rings is 3. The third kappa shape index (κ3) is 5.69. The van der Waals surface area contributed by atoms with Crippen molar-refractivity contribution in [3.8, 4) is 11.5 Å². The van der Waals surface area contributed by atoms with Gasteiger partial charge in [-0.3, -0.25) is 4.79 Å². The van der Waals surface area contributed by atoms with Gasteiger partial charge in [-0.25, -0.2) is 9.38 Å². The summed E-state index contributed by atoms with van der Waals surface area (Å²) in [5.74, 6) is 0.380. The van der Waals surface area contributed by atoms with Crippen molar-refractivity contribution in [1.82, 2.24) is 5.32 Å². The van der Waals surface area contributed by atoms with Crippen molar-refractivity contribution in [2.75, 3.05) is 7.11 Å². The normalized spacial score (nSPS) is 15.6. The van der Waals surface area contributed by atoms with Crippen molar-refractivity contribution in [2.24, 2.45) is 4.99 Å². The molecule has 1 aliphatic rings. The minimum atomic E-state index is -0.329. The summed E-state index contributed by atoms with van der Waals surface area (Å²) in [6.45, 7) is 2.16. The molecule has 1 N–H and O–H groups in total. The lowest BCUT2D eigenvalue weighted by molar-refractivity contribution is -0.115. The Hall–Kier alpha value is -3.10. The lowest BCUT2D eigenvalue weighted by Gasteiger charge is -2.13. The lowest BCUT2D eigenvalue weighted by Crippen LogP contribution is -2.19. The van der Waals surface area contributed by atoms with Crippen LogP contribution < -0.4 is 14.8 Å². The molecule has 3 aromatic rings. The summed E-state index contributed by atoms with van der Waals surface area (Å²) < 4.78 is 25.9. The summed E-state index contributed by atoms with van der Waals surface area (Å²) in [7, 11) is 1.53. The number of carbonyl (C=O) groups excluding carboxylic acids is 1. The fourth-order valence-electron chi connectivity index (χ4n) is 3.25. The minimum absolute atomic E-state index is 0.0627. The molecule has 1 fully saturated rings. The Labute approximate surface area is 210 Å². The van der Waals surface area contributed by atoms with Gasteiger partial charge in [-0.2, -0.15) is 0 Å². The molecule has 4 rings (SSSR count). The van der Waals surface area contributed by atoms with Crippen molar-refractivity contribution in [1.29, 1.82) is 0 Å². The molecule has 1 heterocycles. The van der Waals surface area contributed by atoms with E-state index in [1.807, 2.05) is 24.3 Å². The number of aliphatic imine (C=N–C) groups is 1. The van der Waals surface area contributed by atoms with Gasteiger partial charge in [0.05, 0.1) is 17.7 Å². The van der Waals surface area contributed by atoms with E-state index >= 15 is 0 Å². The molecule has 34 heavy (non-hydrogen) atoms. The molecule has 1 aliphatic heterocycles. The highest BCUT2D eigenvalue weighted by Crippen LogP contribution is 2.37. The number of ether oxygens (including phenoxy) is 2. The van der Waals surface area contributed by atoms with E-state index in [9.17, 15) is 9.18 Å². The quantitative estimate of drug-likeness (QED) is 0.341. The van der Waals surface area contributed by atoms with Gasteiger partial charge < -0.3 is 14.8 Å². The van der Waals surface area contributed by atoms with Gasteiger partial charge >= 0.3 is 0 Å². The Kier molecular flexibility index (Phi) is 7.70. The average Bonchev–Trinajstić information content (AvgIpc) is 3.18. The number of methoxy groups -OCH3 is 1. The van der Waals surface area contributed by atoms with Gasteiger partial charge in [0.1, 0.15) is 12.4 Å². The molecule has 174 valence electrons. The van der Waals surface area contributed by atoms with E-state index in [1.54, 1.807) is 36.4 Å². The molecule has 8 heteroatoms. The number of halogens is 2. The van der Waals surface area contributed by atoms with Gasteiger partial charge in [-0.05, 0) is 65.7 Å². The molecule has 1 saturated heterocycles. The molecule has 3 aromatic carbocycles. The Morgan fingerprint density at radius 1 is 1.12 bits per heavy atom. The van der Waals surface area contributed by atoms with Crippen molar-refractivity contribution in [2.45, 2.75) is 20.0 Å². The molecule has 1 amide bonds. The fraction of sp³-hybridized carbons (Fsp3) is 0.154. The minimum Gasteiger partial charge on any atom is -0.493 e. The molecule has 0 aromatic heterocycles. The van der Waals surface area contributed by atoms with Gasteiger partial charge in [-0.1, -0.05) is 53.2 Å². The molecule has 0 atom stereocenters. The second kappa shape index (κ2) is 10.9. The van der Waals surface area contributed by atoms with E-state index in [0.29, 0.717) is 31.6 Å². The van der Waals surface area contributed by atoms with Crippen molar-refractivity contribution in [3.05, 3.63) is 92.5 Å². The zero-order valence-electron chi connectivity index (χ0n) is 18.6. The van der Waals surface area contributed by atoms with Gasteiger partial charge in [0.2, 0.25) is 0 Å². The maximum Gasteiger partial charge on any atom is 0.264 e. The van der Waals surface area contributed by atoms with E-state index in [-0.39, 0.29) is 18.3 Å². The smallest absolute Gasteiger partial charge is 0.264 e. The molecular formula is C26H22BrFN2O3S. The van der Waals surface area contributed by atoms with Crippen molar-refractivity contribution >= 4 is 50.5 Å². The number of aryl methyl sites for hydroxylation is 1. The molecule has 5 nitrogen and oxygen atoms in total. The van der Waals surface area contributed by atoms with Gasteiger partial charge in [0.25, 0.3) is 5.91 Å². The Morgan fingerprint density at radius 2 is 1.88 bits per heavy atom. The van der Waals surface area contributed by atoms with Crippen LogP contribution in [-0.4, -0.2) is 18.2 Å². The number of rotatable bonds is 7. The first-order valence-electron chi connectivity index (χ1n) is 10.6. The van der Waals surface area contributed by atoms with E-state index in [4.69, 9.17) is 9.47 Å². The van der Waals surface area contributed by atoms with Crippen LogP contribution in [0.5, 0.6) is 11.5 Å².